The van der Waals surface area contributed by atoms with Gasteiger partial charge in [0, 0.05) is 12.2 Å². The maximum Gasteiger partial charge on any atom is 0.239 e. The molecule has 1 rings (SSSR count). The minimum absolute atomic E-state index is 0.155. The minimum atomic E-state index is -3.39. The predicted octanol–water partition coefficient (Wildman–Crippen LogP) is 3.06. The van der Waals surface area contributed by atoms with E-state index in [1.165, 1.54) is 9.87 Å². The zero-order valence-corrected chi connectivity index (χ0v) is 15.5. The third kappa shape index (κ3) is 7.14. The van der Waals surface area contributed by atoms with Crippen LogP contribution in [-0.2, 0) is 14.8 Å². The maximum atomic E-state index is 12.1. The van der Waals surface area contributed by atoms with Crippen LogP contribution in [0.3, 0.4) is 0 Å². The summed E-state index contributed by atoms with van der Waals surface area (Å²) < 4.78 is 24.8. The molecule has 0 heterocycles. The van der Waals surface area contributed by atoms with Crippen LogP contribution in [0, 0.1) is 5.92 Å². The zero-order chi connectivity index (χ0) is 17.6. The van der Waals surface area contributed by atoms with E-state index in [1.54, 1.807) is 0 Å². The number of hydrogen-bond acceptors (Lipinski definition) is 3. The van der Waals surface area contributed by atoms with Crippen LogP contribution >= 0.6 is 0 Å². The summed E-state index contributed by atoms with van der Waals surface area (Å²) in [5.74, 6) is 0.485. The van der Waals surface area contributed by atoms with Crippen LogP contribution in [0.5, 0.6) is 0 Å². The number of sulfonamides is 1. The molecule has 0 aliphatic heterocycles. The van der Waals surface area contributed by atoms with Gasteiger partial charge in [0.25, 0.3) is 0 Å². The molecule has 1 aromatic rings. The van der Waals surface area contributed by atoms with E-state index in [2.05, 4.69) is 19.2 Å². The fraction of sp³-hybridized carbons (Fsp3) is 0.588. The Kier molecular flexibility index (Phi) is 7.22. The molecule has 1 N–H and O–H groups in total. The molecule has 0 aliphatic carbocycles. The Labute approximate surface area is 140 Å². The first-order valence-corrected chi connectivity index (χ1v) is 9.79. The van der Waals surface area contributed by atoms with Gasteiger partial charge in [-0.3, -0.25) is 4.79 Å². The van der Waals surface area contributed by atoms with Crippen molar-refractivity contribution >= 4 is 21.6 Å². The number of amides is 1. The van der Waals surface area contributed by atoms with E-state index in [-0.39, 0.29) is 12.5 Å². The van der Waals surface area contributed by atoms with Gasteiger partial charge in [0.05, 0.1) is 12.8 Å². The van der Waals surface area contributed by atoms with Crippen molar-refractivity contribution in [1.29, 1.82) is 0 Å². The number of benzene rings is 1. The van der Waals surface area contributed by atoms with Crippen LogP contribution < -0.4 is 5.32 Å². The van der Waals surface area contributed by atoms with Crippen LogP contribution in [0.15, 0.2) is 24.3 Å². The molecule has 1 aromatic carbocycles. The third-order valence-corrected chi connectivity index (χ3v) is 4.86. The Bertz CT molecular complexity index is 607. The van der Waals surface area contributed by atoms with Crippen molar-refractivity contribution in [2.45, 2.75) is 40.0 Å². The Morgan fingerprint density at radius 1 is 1.13 bits per heavy atom. The zero-order valence-electron chi connectivity index (χ0n) is 14.7. The van der Waals surface area contributed by atoms with Crippen LogP contribution in [-0.4, -0.2) is 38.0 Å². The van der Waals surface area contributed by atoms with Gasteiger partial charge in [-0.2, -0.15) is 4.31 Å². The maximum absolute atomic E-state index is 12.1. The van der Waals surface area contributed by atoms with Gasteiger partial charge in [0.1, 0.15) is 0 Å². The van der Waals surface area contributed by atoms with E-state index in [4.69, 9.17) is 0 Å². The highest BCUT2D eigenvalue weighted by Gasteiger charge is 2.20. The molecule has 0 atom stereocenters. The summed E-state index contributed by atoms with van der Waals surface area (Å²) in [5.41, 5.74) is 1.87. The predicted molar refractivity (Wildman–Crippen MR) is 95.0 cm³/mol. The fourth-order valence-corrected chi connectivity index (χ4v) is 2.87. The van der Waals surface area contributed by atoms with Gasteiger partial charge in [0.15, 0.2) is 0 Å². The second-order valence-corrected chi connectivity index (χ2v) is 8.59. The first-order chi connectivity index (χ1) is 10.6. The average molecular weight is 340 g/mol. The standard InChI is InChI=1S/C17H28N2O3S/c1-13(2)10-11-19(23(5,21)22)12-17(20)18-16-8-6-15(7-9-16)14(3)4/h6-9,13-14H,10-12H2,1-5H3,(H,18,20). The fourth-order valence-electron chi connectivity index (χ4n) is 2.08. The molecule has 6 heteroatoms. The molecule has 0 bridgehead atoms. The highest BCUT2D eigenvalue weighted by molar-refractivity contribution is 7.88. The van der Waals surface area contributed by atoms with Gasteiger partial charge < -0.3 is 5.32 Å². The van der Waals surface area contributed by atoms with E-state index < -0.39 is 10.0 Å². The largest absolute Gasteiger partial charge is 0.325 e. The minimum Gasteiger partial charge on any atom is -0.325 e. The molecule has 0 radical (unpaired) electrons. The molecule has 0 saturated carbocycles. The Hall–Kier alpha value is -1.40. The van der Waals surface area contributed by atoms with Crippen molar-refractivity contribution in [3.63, 3.8) is 0 Å². The Morgan fingerprint density at radius 3 is 2.13 bits per heavy atom. The molecule has 23 heavy (non-hydrogen) atoms. The lowest BCUT2D eigenvalue weighted by Crippen LogP contribution is -2.38. The number of carbonyl (C=O) groups is 1. The molecule has 1 amide bonds. The van der Waals surface area contributed by atoms with Gasteiger partial charge >= 0.3 is 0 Å². The molecule has 0 saturated heterocycles. The van der Waals surface area contributed by atoms with Crippen LogP contribution in [0.2, 0.25) is 0 Å². The molecule has 0 fully saturated rings. The highest BCUT2D eigenvalue weighted by atomic mass is 32.2. The first-order valence-electron chi connectivity index (χ1n) is 7.94. The second kappa shape index (κ2) is 8.45. The SMILES string of the molecule is CC(C)CCN(CC(=O)Nc1ccc(C(C)C)cc1)S(C)(=O)=O. The summed E-state index contributed by atoms with van der Waals surface area (Å²) in [7, 11) is -3.39. The molecule has 130 valence electrons. The number of nitrogens with one attached hydrogen (secondary N) is 1. The smallest absolute Gasteiger partial charge is 0.239 e. The highest BCUT2D eigenvalue weighted by Crippen LogP contribution is 2.17. The molecule has 5 nitrogen and oxygen atoms in total. The number of anilines is 1. The van der Waals surface area contributed by atoms with Crippen molar-refractivity contribution in [3.8, 4) is 0 Å². The topological polar surface area (TPSA) is 66.5 Å². The Balaban J connectivity index is 2.68. The number of rotatable bonds is 8. The lowest BCUT2D eigenvalue weighted by atomic mass is 10.0. The lowest BCUT2D eigenvalue weighted by Gasteiger charge is -2.20. The monoisotopic (exact) mass is 340 g/mol. The lowest BCUT2D eigenvalue weighted by molar-refractivity contribution is -0.116. The molecule has 0 aliphatic rings. The Morgan fingerprint density at radius 2 is 1.70 bits per heavy atom. The van der Waals surface area contributed by atoms with Gasteiger partial charge in [-0.1, -0.05) is 39.8 Å². The summed E-state index contributed by atoms with van der Waals surface area (Å²) in [5, 5.41) is 2.75. The van der Waals surface area contributed by atoms with E-state index in [0.29, 0.717) is 24.1 Å². The van der Waals surface area contributed by atoms with Crippen molar-refractivity contribution in [3.05, 3.63) is 29.8 Å². The van der Waals surface area contributed by atoms with Crippen molar-refractivity contribution < 1.29 is 13.2 Å². The molecular formula is C17H28N2O3S. The van der Waals surface area contributed by atoms with Crippen LogP contribution in [0.4, 0.5) is 5.69 Å². The molecule has 0 unspecified atom stereocenters. The molecular weight excluding hydrogens is 312 g/mol. The summed E-state index contributed by atoms with van der Waals surface area (Å²) >= 11 is 0. The number of hydrogen-bond donors (Lipinski definition) is 1. The third-order valence-electron chi connectivity index (χ3n) is 3.61. The summed E-state index contributed by atoms with van der Waals surface area (Å²) in [6, 6.07) is 7.61. The first kappa shape index (κ1) is 19.6. The summed E-state index contributed by atoms with van der Waals surface area (Å²) in [6.45, 7) is 8.46. The van der Waals surface area contributed by atoms with Gasteiger partial charge in [0.2, 0.25) is 15.9 Å². The quantitative estimate of drug-likeness (QED) is 0.791. The number of nitrogens with zero attached hydrogens (tertiary/aromatic N) is 1. The second-order valence-electron chi connectivity index (χ2n) is 6.60. The number of carbonyl (C=O) groups excluding carboxylic acids is 1. The summed E-state index contributed by atoms with van der Waals surface area (Å²) in [4.78, 5) is 12.1. The van der Waals surface area contributed by atoms with Crippen LogP contribution in [0.1, 0.15) is 45.6 Å². The average Bonchev–Trinajstić information content (AvgIpc) is 2.42. The molecule has 0 spiro atoms. The van der Waals surface area contributed by atoms with Crippen molar-refractivity contribution in [2.75, 3.05) is 24.7 Å². The van der Waals surface area contributed by atoms with E-state index in [9.17, 15) is 13.2 Å². The van der Waals surface area contributed by atoms with Crippen molar-refractivity contribution in [1.82, 2.24) is 4.31 Å². The van der Waals surface area contributed by atoms with Gasteiger partial charge in [-0.05, 0) is 36.0 Å². The van der Waals surface area contributed by atoms with Gasteiger partial charge in [-0.25, -0.2) is 8.42 Å². The van der Waals surface area contributed by atoms with Crippen molar-refractivity contribution in [2.24, 2.45) is 5.92 Å². The summed E-state index contributed by atoms with van der Waals surface area (Å²) in [6.07, 6.45) is 1.86. The normalized spacial score (nSPS) is 12.2. The molecule has 0 aromatic heterocycles. The van der Waals surface area contributed by atoms with Crippen LogP contribution in [0.25, 0.3) is 0 Å². The van der Waals surface area contributed by atoms with E-state index >= 15 is 0 Å². The van der Waals surface area contributed by atoms with E-state index in [1.807, 2.05) is 38.1 Å². The van der Waals surface area contributed by atoms with E-state index in [0.717, 1.165) is 12.7 Å². The van der Waals surface area contributed by atoms with Gasteiger partial charge in [-0.15, -0.1) is 0 Å².